The Kier molecular flexibility index (Phi) is 4.91. The van der Waals surface area contributed by atoms with Crippen LogP contribution in [0.5, 0.6) is 0 Å². The first kappa shape index (κ1) is 15.4. The molecule has 3 nitrogen and oxygen atoms in total. The van der Waals surface area contributed by atoms with Gasteiger partial charge < -0.3 is 10.6 Å². The van der Waals surface area contributed by atoms with Crippen LogP contribution in [-0.2, 0) is 0 Å². The third kappa shape index (κ3) is 4.26. The minimum absolute atomic E-state index is 0.148. The summed E-state index contributed by atoms with van der Waals surface area (Å²) in [5, 5.41) is 7.02. The van der Waals surface area contributed by atoms with Gasteiger partial charge in [0.05, 0.1) is 6.04 Å². The van der Waals surface area contributed by atoms with Gasteiger partial charge >= 0.3 is 0 Å². The van der Waals surface area contributed by atoms with Crippen LogP contribution in [0.2, 0.25) is 0 Å². The van der Waals surface area contributed by atoms with Crippen molar-refractivity contribution in [3.8, 4) is 0 Å². The number of thiocarbonyl (C=S) groups is 1. The SMILES string of the molecule is Cc1ccc(C)c([C@H](C)NC(=S)Nc2cccc(C)n2)c1. The number of anilines is 1. The summed E-state index contributed by atoms with van der Waals surface area (Å²) in [6, 6.07) is 12.4. The van der Waals surface area contributed by atoms with Crippen molar-refractivity contribution in [3.63, 3.8) is 0 Å². The highest BCUT2D eigenvalue weighted by atomic mass is 32.1. The topological polar surface area (TPSA) is 37.0 Å². The third-order valence-corrected chi connectivity index (χ3v) is 3.60. The van der Waals surface area contributed by atoms with E-state index in [2.05, 4.69) is 54.6 Å². The second kappa shape index (κ2) is 6.68. The fraction of sp³-hybridized carbons (Fsp3) is 0.294. The lowest BCUT2D eigenvalue weighted by Gasteiger charge is -2.19. The molecule has 0 fully saturated rings. The van der Waals surface area contributed by atoms with Gasteiger partial charge in [0.15, 0.2) is 5.11 Å². The highest BCUT2D eigenvalue weighted by molar-refractivity contribution is 7.80. The van der Waals surface area contributed by atoms with E-state index in [1.54, 1.807) is 0 Å². The molecular formula is C17H21N3S. The summed E-state index contributed by atoms with van der Waals surface area (Å²) in [5.41, 5.74) is 4.74. The normalized spacial score (nSPS) is 11.8. The van der Waals surface area contributed by atoms with Gasteiger partial charge in [0.25, 0.3) is 0 Å². The molecule has 0 aliphatic rings. The first-order valence-electron chi connectivity index (χ1n) is 7.04. The molecule has 110 valence electrons. The van der Waals surface area contributed by atoms with E-state index in [9.17, 15) is 0 Å². The minimum atomic E-state index is 0.148. The van der Waals surface area contributed by atoms with Crippen LogP contribution in [0.1, 0.15) is 35.3 Å². The minimum Gasteiger partial charge on any atom is -0.356 e. The number of aromatic nitrogens is 1. The maximum absolute atomic E-state index is 5.37. The standard InChI is InChI=1S/C17H21N3S/c1-11-8-9-12(2)15(10-11)14(4)19-17(21)20-16-7-5-6-13(3)18-16/h5-10,14H,1-4H3,(H2,18,19,20,21)/t14-/m0/s1. The molecule has 1 heterocycles. The first-order chi connectivity index (χ1) is 9.95. The molecule has 1 aromatic heterocycles. The Balaban J connectivity index is 2.03. The number of hydrogen-bond donors (Lipinski definition) is 2. The van der Waals surface area contributed by atoms with Crippen molar-refractivity contribution in [3.05, 3.63) is 58.8 Å². The van der Waals surface area contributed by atoms with E-state index >= 15 is 0 Å². The van der Waals surface area contributed by atoms with Crippen LogP contribution >= 0.6 is 12.2 Å². The van der Waals surface area contributed by atoms with E-state index in [0.717, 1.165) is 11.5 Å². The van der Waals surface area contributed by atoms with E-state index in [-0.39, 0.29) is 6.04 Å². The molecule has 2 rings (SSSR count). The number of aryl methyl sites for hydroxylation is 3. The molecule has 21 heavy (non-hydrogen) atoms. The van der Waals surface area contributed by atoms with Gasteiger partial charge in [0.2, 0.25) is 0 Å². The lowest BCUT2D eigenvalue weighted by Crippen LogP contribution is -2.31. The number of nitrogens with zero attached hydrogens (tertiary/aromatic N) is 1. The van der Waals surface area contributed by atoms with Gasteiger partial charge in [-0.15, -0.1) is 0 Å². The van der Waals surface area contributed by atoms with E-state index in [1.807, 2.05) is 25.1 Å². The molecule has 0 spiro atoms. The Morgan fingerprint density at radius 3 is 2.62 bits per heavy atom. The Labute approximate surface area is 131 Å². The summed E-state index contributed by atoms with van der Waals surface area (Å²) < 4.78 is 0. The molecule has 0 aliphatic carbocycles. The van der Waals surface area contributed by atoms with Crippen LogP contribution < -0.4 is 10.6 Å². The van der Waals surface area contributed by atoms with Crippen molar-refractivity contribution in [1.82, 2.24) is 10.3 Å². The molecular weight excluding hydrogens is 278 g/mol. The summed E-state index contributed by atoms with van der Waals surface area (Å²) in [7, 11) is 0. The quantitative estimate of drug-likeness (QED) is 0.838. The highest BCUT2D eigenvalue weighted by Gasteiger charge is 2.10. The van der Waals surface area contributed by atoms with Crippen molar-refractivity contribution in [2.45, 2.75) is 33.7 Å². The summed E-state index contributed by atoms with van der Waals surface area (Å²) in [6.45, 7) is 8.29. The van der Waals surface area contributed by atoms with E-state index in [4.69, 9.17) is 12.2 Å². The lowest BCUT2D eigenvalue weighted by molar-refractivity contribution is 0.716. The molecule has 0 radical (unpaired) electrons. The van der Waals surface area contributed by atoms with Crippen LogP contribution in [0.4, 0.5) is 5.82 Å². The average Bonchev–Trinajstić information content (AvgIpc) is 2.41. The van der Waals surface area contributed by atoms with E-state index < -0.39 is 0 Å². The molecule has 2 aromatic rings. The smallest absolute Gasteiger partial charge is 0.172 e. The van der Waals surface area contributed by atoms with Gasteiger partial charge in [-0.25, -0.2) is 4.98 Å². The van der Waals surface area contributed by atoms with Crippen LogP contribution in [-0.4, -0.2) is 10.1 Å². The summed E-state index contributed by atoms with van der Waals surface area (Å²) in [4.78, 5) is 4.39. The molecule has 0 saturated carbocycles. The Bertz CT molecular complexity index is 652. The first-order valence-corrected chi connectivity index (χ1v) is 7.45. The van der Waals surface area contributed by atoms with Crippen LogP contribution in [0.15, 0.2) is 36.4 Å². The second-order valence-corrected chi connectivity index (χ2v) is 5.75. The third-order valence-electron chi connectivity index (χ3n) is 3.38. The second-order valence-electron chi connectivity index (χ2n) is 5.34. The van der Waals surface area contributed by atoms with Crippen molar-refractivity contribution < 1.29 is 0 Å². The molecule has 1 atom stereocenters. The Morgan fingerprint density at radius 2 is 1.90 bits per heavy atom. The van der Waals surface area contributed by atoms with Crippen LogP contribution in [0.25, 0.3) is 0 Å². The van der Waals surface area contributed by atoms with E-state index in [0.29, 0.717) is 5.11 Å². The summed E-state index contributed by atoms with van der Waals surface area (Å²) in [6.07, 6.45) is 0. The largest absolute Gasteiger partial charge is 0.356 e. The van der Waals surface area contributed by atoms with Gasteiger partial charge in [-0.3, -0.25) is 0 Å². The number of benzene rings is 1. The predicted octanol–water partition coefficient (Wildman–Crippen LogP) is 4.05. The zero-order valence-corrected chi connectivity index (χ0v) is 13.7. The van der Waals surface area contributed by atoms with Crippen molar-refractivity contribution in [1.29, 1.82) is 0 Å². The molecule has 0 aliphatic heterocycles. The molecule has 0 saturated heterocycles. The van der Waals surface area contributed by atoms with Gasteiger partial charge in [0, 0.05) is 5.69 Å². The fourth-order valence-corrected chi connectivity index (χ4v) is 2.55. The van der Waals surface area contributed by atoms with Gasteiger partial charge in [-0.2, -0.15) is 0 Å². The maximum Gasteiger partial charge on any atom is 0.172 e. The van der Waals surface area contributed by atoms with Crippen LogP contribution in [0, 0.1) is 20.8 Å². The molecule has 0 unspecified atom stereocenters. The van der Waals surface area contributed by atoms with E-state index in [1.165, 1.54) is 16.7 Å². The van der Waals surface area contributed by atoms with Crippen molar-refractivity contribution >= 4 is 23.1 Å². The number of rotatable bonds is 3. The average molecular weight is 299 g/mol. The number of hydrogen-bond acceptors (Lipinski definition) is 2. The Hall–Kier alpha value is -1.94. The number of pyridine rings is 1. The molecule has 1 aromatic carbocycles. The van der Waals surface area contributed by atoms with Gasteiger partial charge in [0.1, 0.15) is 5.82 Å². The molecule has 0 bridgehead atoms. The van der Waals surface area contributed by atoms with Crippen molar-refractivity contribution in [2.24, 2.45) is 0 Å². The molecule has 0 amide bonds. The summed E-state index contributed by atoms with van der Waals surface area (Å²) in [5.74, 6) is 0.765. The Morgan fingerprint density at radius 1 is 1.14 bits per heavy atom. The molecule has 4 heteroatoms. The van der Waals surface area contributed by atoms with Gasteiger partial charge in [-0.05, 0) is 63.2 Å². The monoisotopic (exact) mass is 299 g/mol. The van der Waals surface area contributed by atoms with Crippen LogP contribution in [0.3, 0.4) is 0 Å². The maximum atomic E-state index is 5.37. The zero-order valence-electron chi connectivity index (χ0n) is 12.9. The molecule has 2 N–H and O–H groups in total. The van der Waals surface area contributed by atoms with Gasteiger partial charge in [-0.1, -0.05) is 29.8 Å². The zero-order chi connectivity index (χ0) is 15.4. The summed E-state index contributed by atoms with van der Waals surface area (Å²) >= 11 is 5.37. The fourth-order valence-electron chi connectivity index (χ4n) is 2.27. The predicted molar refractivity (Wildman–Crippen MR) is 92.7 cm³/mol. The van der Waals surface area contributed by atoms with Crippen molar-refractivity contribution in [2.75, 3.05) is 5.32 Å². The highest BCUT2D eigenvalue weighted by Crippen LogP contribution is 2.19. The lowest BCUT2D eigenvalue weighted by atomic mass is 10.0. The number of nitrogens with one attached hydrogen (secondary N) is 2.